The van der Waals surface area contributed by atoms with E-state index in [0.29, 0.717) is 5.92 Å². The highest BCUT2D eigenvalue weighted by atomic mass is 16.5. The predicted molar refractivity (Wildman–Crippen MR) is 80.8 cm³/mol. The molecule has 4 heteroatoms. The van der Waals surface area contributed by atoms with E-state index in [1.807, 2.05) is 12.1 Å². The van der Waals surface area contributed by atoms with E-state index in [4.69, 9.17) is 4.74 Å². The van der Waals surface area contributed by atoms with Crippen LogP contribution in [0.1, 0.15) is 25.8 Å². The Morgan fingerprint density at radius 1 is 1.10 bits per heavy atom. The molecule has 20 heavy (non-hydrogen) atoms. The van der Waals surface area contributed by atoms with Gasteiger partial charge in [0, 0.05) is 6.54 Å². The molecular weight excluding hydrogens is 250 g/mol. The average Bonchev–Trinajstić information content (AvgIpc) is 2.47. The van der Waals surface area contributed by atoms with Crippen LogP contribution in [0, 0.1) is 5.92 Å². The molecule has 0 saturated carbocycles. The molecule has 0 spiro atoms. The molecule has 0 unspecified atom stereocenters. The third-order valence-electron chi connectivity index (χ3n) is 2.94. The number of ether oxygens (including phenoxy) is 1. The van der Waals surface area contributed by atoms with Crippen LogP contribution in [0.5, 0.6) is 5.75 Å². The van der Waals surface area contributed by atoms with Crippen molar-refractivity contribution in [2.24, 2.45) is 5.92 Å². The lowest BCUT2D eigenvalue weighted by atomic mass is 10.1. The summed E-state index contributed by atoms with van der Waals surface area (Å²) in [6, 6.07) is 8.17. The van der Waals surface area contributed by atoms with Crippen LogP contribution in [0.2, 0.25) is 0 Å². The Kier molecular flexibility index (Phi) is 5.35. The first-order valence-electron chi connectivity index (χ1n) is 6.94. The van der Waals surface area contributed by atoms with Crippen molar-refractivity contribution in [1.29, 1.82) is 0 Å². The summed E-state index contributed by atoms with van der Waals surface area (Å²) in [6.07, 6.45) is 6.12. The van der Waals surface area contributed by atoms with Crippen molar-refractivity contribution in [3.63, 3.8) is 0 Å². The largest absolute Gasteiger partial charge is 0.494 e. The molecule has 1 aromatic carbocycles. The van der Waals surface area contributed by atoms with Crippen molar-refractivity contribution in [1.82, 2.24) is 9.97 Å². The average molecular weight is 271 g/mol. The van der Waals surface area contributed by atoms with Gasteiger partial charge in [0.2, 0.25) is 0 Å². The van der Waals surface area contributed by atoms with Crippen molar-refractivity contribution >= 4 is 5.69 Å². The maximum Gasteiger partial charge on any atom is 0.119 e. The topological polar surface area (TPSA) is 47.0 Å². The zero-order chi connectivity index (χ0) is 14.2. The van der Waals surface area contributed by atoms with Crippen LogP contribution in [0.3, 0.4) is 0 Å². The lowest BCUT2D eigenvalue weighted by molar-refractivity contribution is 0.289. The molecule has 1 heterocycles. The van der Waals surface area contributed by atoms with E-state index in [0.717, 1.165) is 31.0 Å². The smallest absolute Gasteiger partial charge is 0.119 e. The summed E-state index contributed by atoms with van der Waals surface area (Å²) in [7, 11) is 0. The Labute approximate surface area is 120 Å². The van der Waals surface area contributed by atoms with Gasteiger partial charge in [0.15, 0.2) is 0 Å². The van der Waals surface area contributed by atoms with Gasteiger partial charge in [0.1, 0.15) is 12.1 Å². The second kappa shape index (κ2) is 7.48. The van der Waals surface area contributed by atoms with Gasteiger partial charge < -0.3 is 10.1 Å². The molecule has 0 aliphatic rings. The van der Waals surface area contributed by atoms with Crippen LogP contribution >= 0.6 is 0 Å². The quantitative estimate of drug-likeness (QED) is 0.837. The van der Waals surface area contributed by atoms with E-state index >= 15 is 0 Å². The minimum atomic E-state index is 0.673. The summed E-state index contributed by atoms with van der Waals surface area (Å²) >= 11 is 0. The molecule has 0 bridgehead atoms. The van der Waals surface area contributed by atoms with Gasteiger partial charge >= 0.3 is 0 Å². The molecule has 0 atom stereocenters. The Morgan fingerprint density at radius 3 is 2.45 bits per heavy atom. The van der Waals surface area contributed by atoms with Gasteiger partial charge in [0.05, 0.1) is 24.7 Å². The van der Waals surface area contributed by atoms with Crippen LogP contribution in [0.25, 0.3) is 0 Å². The second-order valence-electron chi connectivity index (χ2n) is 5.16. The molecule has 0 saturated heterocycles. The summed E-state index contributed by atoms with van der Waals surface area (Å²) in [5.74, 6) is 1.60. The molecule has 4 nitrogen and oxygen atoms in total. The van der Waals surface area contributed by atoms with Crippen molar-refractivity contribution in [3.05, 3.63) is 48.5 Å². The van der Waals surface area contributed by atoms with Crippen LogP contribution in [0.4, 0.5) is 5.69 Å². The van der Waals surface area contributed by atoms with Crippen molar-refractivity contribution in [2.75, 3.05) is 11.9 Å². The number of rotatable bonds is 7. The number of anilines is 1. The van der Waals surface area contributed by atoms with Crippen LogP contribution in [-0.4, -0.2) is 16.6 Å². The van der Waals surface area contributed by atoms with Gasteiger partial charge in [-0.3, -0.25) is 0 Å². The molecule has 1 aromatic heterocycles. The van der Waals surface area contributed by atoms with Crippen molar-refractivity contribution in [2.45, 2.75) is 26.8 Å². The molecule has 0 radical (unpaired) electrons. The summed E-state index contributed by atoms with van der Waals surface area (Å²) in [5.41, 5.74) is 2.12. The number of aromatic nitrogens is 2. The van der Waals surface area contributed by atoms with Crippen molar-refractivity contribution < 1.29 is 4.74 Å². The van der Waals surface area contributed by atoms with Gasteiger partial charge in [0.25, 0.3) is 0 Å². The first-order valence-corrected chi connectivity index (χ1v) is 6.94. The zero-order valence-electron chi connectivity index (χ0n) is 12.0. The number of benzene rings is 1. The minimum Gasteiger partial charge on any atom is -0.494 e. The fraction of sp³-hybridized carbons (Fsp3) is 0.375. The van der Waals surface area contributed by atoms with Gasteiger partial charge in [-0.1, -0.05) is 26.0 Å². The molecule has 0 fully saturated rings. The first-order chi connectivity index (χ1) is 9.74. The highest BCUT2D eigenvalue weighted by Gasteiger charge is 1.98. The van der Waals surface area contributed by atoms with Crippen LogP contribution in [-0.2, 0) is 6.54 Å². The van der Waals surface area contributed by atoms with Crippen LogP contribution in [0.15, 0.2) is 43.0 Å². The monoisotopic (exact) mass is 271 g/mol. The predicted octanol–water partition coefficient (Wildman–Crippen LogP) is 3.51. The van der Waals surface area contributed by atoms with Crippen molar-refractivity contribution in [3.8, 4) is 5.75 Å². The third kappa shape index (κ3) is 4.88. The van der Waals surface area contributed by atoms with E-state index in [9.17, 15) is 0 Å². The maximum atomic E-state index is 5.69. The van der Waals surface area contributed by atoms with Gasteiger partial charge in [-0.15, -0.1) is 0 Å². The van der Waals surface area contributed by atoms with Crippen LogP contribution < -0.4 is 10.1 Å². The Balaban J connectivity index is 1.79. The lowest BCUT2D eigenvalue weighted by Crippen LogP contribution is -2.02. The molecule has 106 valence electrons. The SMILES string of the molecule is CC(C)CCOc1ccc(CNc2cncnc2)cc1. The number of nitrogens with zero attached hydrogens (tertiary/aromatic N) is 2. The van der Waals surface area contributed by atoms with E-state index in [1.165, 1.54) is 11.9 Å². The van der Waals surface area contributed by atoms with E-state index in [-0.39, 0.29) is 0 Å². The van der Waals surface area contributed by atoms with E-state index in [1.54, 1.807) is 12.4 Å². The Morgan fingerprint density at radius 2 is 1.80 bits per heavy atom. The maximum absolute atomic E-state index is 5.69. The lowest BCUT2D eigenvalue weighted by Gasteiger charge is -2.09. The normalized spacial score (nSPS) is 10.6. The summed E-state index contributed by atoms with van der Waals surface area (Å²) in [4.78, 5) is 7.93. The first kappa shape index (κ1) is 14.3. The fourth-order valence-electron chi connectivity index (χ4n) is 1.71. The van der Waals surface area contributed by atoms with E-state index < -0.39 is 0 Å². The van der Waals surface area contributed by atoms with E-state index in [2.05, 4.69) is 41.3 Å². The molecule has 0 amide bonds. The highest BCUT2D eigenvalue weighted by molar-refractivity contribution is 5.38. The Hall–Kier alpha value is -2.10. The van der Waals surface area contributed by atoms with Gasteiger partial charge in [-0.05, 0) is 30.0 Å². The summed E-state index contributed by atoms with van der Waals surface area (Å²) in [6.45, 7) is 5.92. The highest BCUT2D eigenvalue weighted by Crippen LogP contribution is 2.14. The second-order valence-corrected chi connectivity index (χ2v) is 5.16. The van der Waals surface area contributed by atoms with Gasteiger partial charge in [-0.2, -0.15) is 0 Å². The summed E-state index contributed by atoms with van der Waals surface area (Å²) < 4.78 is 5.69. The molecule has 1 N–H and O–H groups in total. The number of hydrogen-bond donors (Lipinski definition) is 1. The molecule has 0 aliphatic carbocycles. The zero-order valence-corrected chi connectivity index (χ0v) is 12.0. The molecule has 0 aliphatic heterocycles. The minimum absolute atomic E-state index is 0.673. The third-order valence-corrected chi connectivity index (χ3v) is 2.94. The Bertz CT molecular complexity index is 497. The number of nitrogens with one attached hydrogen (secondary N) is 1. The number of hydrogen-bond acceptors (Lipinski definition) is 4. The molecule has 2 rings (SSSR count). The van der Waals surface area contributed by atoms with Gasteiger partial charge in [-0.25, -0.2) is 9.97 Å². The summed E-state index contributed by atoms with van der Waals surface area (Å²) in [5, 5.41) is 3.27. The molecule has 2 aromatic rings. The standard InChI is InChI=1S/C16H21N3O/c1-13(2)7-8-20-16-5-3-14(4-6-16)9-19-15-10-17-12-18-11-15/h3-6,10-13,19H,7-9H2,1-2H3. The fourth-order valence-corrected chi connectivity index (χ4v) is 1.71. The molecular formula is C16H21N3O.